The second-order valence-electron chi connectivity index (χ2n) is 3.07. The van der Waals surface area contributed by atoms with Crippen molar-refractivity contribution >= 4 is 51.0 Å². The SMILES string of the molecule is CC(=O)CCc1ccc(I)c(O)c1I. The summed E-state index contributed by atoms with van der Waals surface area (Å²) in [7, 11) is 0. The zero-order valence-electron chi connectivity index (χ0n) is 7.68. The van der Waals surface area contributed by atoms with Gasteiger partial charge in [0, 0.05) is 6.42 Å². The number of phenolic OH excluding ortho intramolecular Hbond substituents is 1. The van der Waals surface area contributed by atoms with Crippen LogP contribution in [0.5, 0.6) is 5.75 Å². The number of benzene rings is 1. The van der Waals surface area contributed by atoms with Crippen molar-refractivity contribution in [2.45, 2.75) is 19.8 Å². The molecular weight excluding hydrogens is 406 g/mol. The first-order valence-corrected chi connectivity index (χ1v) is 6.33. The number of carbonyl (C=O) groups excluding carboxylic acids is 1. The Morgan fingerprint density at radius 2 is 2.07 bits per heavy atom. The van der Waals surface area contributed by atoms with Gasteiger partial charge in [-0.2, -0.15) is 0 Å². The van der Waals surface area contributed by atoms with Crippen LogP contribution in [0, 0.1) is 7.14 Å². The minimum atomic E-state index is 0.179. The van der Waals surface area contributed by atoms with Crippen LogP contribution in [0.4, 0.5) is 0 Å². The van der Waals surface area contributed by atoms with Crippen LogP contribution in [-0.4, -0.2) is 10.9 Å². The highest BCUT2D eigenvalue weighted by atomic mass is 127. The molecule has 0 bridgehead atoms. The summed E-state index contributed by atoms with van der Waals surface area (Å²) in [6.45, 7) is 1.58. The third-order valence-electron chi connectivity index (χ3n) is 1.89. The van der Waals surface area contributed by atoms with Crippen LogP contribution < -0.4 is 0 Å². The molecule has 0 amide bonds. The number of phenols is 1. The molecule has 0 saturated heterocycles. The number of aromatic hydroxyl groups is 1. The normalized spacial score (nSPS) is 10.2. The van der Waals surface area contributed by atoms with Crippen molar-refractivity contribution in [3.05, 3.63) is 24.8 Å². The molecule has 0 aromatic heterocycles. The predicted octanol–water partition coefficient (Wildman–Crippen LogP) is 3.12. The van der Waals surface area contributed by atoms with Gasteiger partial charge in [-0.3, -0.25) is 0 Å². The lowest BCUT2D eigenvalue weighted by Gasteiger charge is -2.06. The Kier molecular flexibility index (Phi) is 4.62. The standard InChI is InChI=1S/C10H10I2O2/c1-6(13)2-3-7-4-5-8(11)10(14)9(7)12/h4-5,14H,2-3H2,1H3. The Balaban J connectivity index is 2.88. The summed E-state index contributed by atoms with van der Waals surface area (Å²) in [6, 6.07) is 3.83. The first-order chi connectivity index (χ1) is 6.52. The van der Waals surface area contributed by atoms with Crippen LogP contribution >= 0.6 is 45.2 Å². The smallest absolute Gasteiger partial charge is 0.142 e. The predicted molar refractivity (Wildman–Crippen MR) is 72.5 cm³/mol. The van der Waals surface area contributed by atoms with Crippen LogP contribution in [0.15, 0.2) is 12.1 Å². The number of halogens is 2. The molecule has 4 heteroatoms. The van der Waals surface area contributed by atoms with Crippen molar-refractivity contribution in [2.24, 2.45) is 0 Å². The molecule has 0 spiro atoms. The summed E-state index contributed by atoms with van der Waals surface area (Å²) in [4.78, 5) is 10.8. The lowest BCUT2D eigenvalue weighted by Crippen LogP contribution is -1.97. The fraction of sp³-hybridized carbons (Fsp3) is 0.300. The number of Topliss-reactive ketones (excluding diaryl/α,β-unsaturated/α-hetero) is 1. The first-order valence-electron chi connectivity index (χ1n) is 4.17. The molecule has 14 heavy (non-hydrogen) atoms. The third-order valence-corrected chi connectivity index (χ3v) is 3.97. The fourth-order valence-corrected chi connectivity index (χ4v) is 2.79. The zero-order valence-corrected chi connectivity index (χ0v) is 12.0. The molecule has 0 fully saturated rings. The van der Waals surface area contributed by atoms with Crippen LogP contribution in [0.2, 0.25) is 0 Å². The van der Waals surface area contributed by atoms with Gasteiger partial charge in [-0.25, -0.2) is 0 Å². The molecule has 2 nitrogen and oxygen atoms in total. The van der Waals surface area contributed by atoms with Gasteiger partial charge in [-0.05, 0) is 70.2 Å². The number of hydrogen-bond donors (Lipinski definition) is 1. The average molecular weight is 416 g/mol. The van der Waals surface area contributed by atoms with E-state index in [1.54, 1.807) is 6.92 Å². The van der Waals surface area contributed by atoms with E-state index in [1.807, 2.05) is 12.1 Å². The van der Waals surface area contributed by atoms with Gasteiger partial charge in [0.15, 0.2) is 0 Å². The highest BCUT2D eigenvalue weighted by Crippen LogP contribution is 2.29. The highest BCUT2D eigenvalue weighted by molar-refractivity contribution is 14.1. The van der Waals surface area contributed by atoms with Crippen LogP contribution in [0.1, 0.15) is 18.9 Å². The Labute approximate surface area is 110 Å². The van der Waals surface area contributed by atoms with Gasteiger partial charge in [0.25, 0.3) is 0 Å². The van der Waals surface area contributed by atoms with Gasteiger partial charge in [0.05, 0.1) is 7.14 Å². The van der Waals surface area contributed by atoms with Gasteiger partial charge in [0.2, 0.25) is 0 Å². The first kappa shape index (κ1) is 12.2. The largest absolute Gasteiger partial charge is 0.506 e. The molecule has 0 saturated carbocycles. The fourth-order valence-electron chi connectivity index (χ4n) is 1.09. The van der Waals surface area contributed by atoms with E-state index in [1.165, 1.54) is 0 Å². The molecule has 0 atom stereocenters. The maximum Gasteiger partial charge on any atom is 0.142 e. The molecule has 0 aliphatic heterocycles. The van der Waals surface area contributed by atoms with E-state index in [0.717, 1.165) is 12.7 Å². The molecule has 1 rings (SSSR count). The molecule has 1 aromatic carbocycles. The Morgan fingerprint density at radius 3 is 2.64 bits per heavy atom. The summed E-state index contributed by atoms with van der Waals surface area (Å²) >= 11 is 4.20. The Bertz CT molecular complexity index is 361. The molecule has 0 heterocycles. The molecule has 76 valence electrons. The molecule has 0 aliphatic rings. The van der Waals surface area contributed by atoms with E-state index in [4.69, 9.17) is 0 Å². The van der Waals surface area contributed by atoms with Crippen molar-refractivity contribution in [1.29, 1.82) is 0 Å². The number of hydrogen-bond acceptors (Lipinski definition) is 2. The van der Waals surface area contributed by atoms with Gasteiger partial charge in [0.1, 0.15) is 11.5 Å². The average Bonchev–Trinajstić information content (AvgIpc) is 2.13. The van der Waals surface area contributed by atoms with Gasteiger partial charge < -0.3 is 9.90 Å². The molecule has 1 N–H and O–H groups in total. The highest BCUT2D eigenvalue weighted by Gasteiger charge is 2.08. The van der Waals surface area contributed by atoms with E-state index in [-0.39, 0.29) is 5.78 Å². The second kappa shape index (κ2) is 5.29. The lowest BCUT2D eigenvalue weighted by molar-refractivity contribution is -0.116. The summed E-state index contributed by atoms with van der Waals surface area (Å²) in [5, 5.41) is 9.65. The molecule has 1 aromatic rings. The Morgan fingerprint density at radius 1 is 1.43 bits per heavy atom. The molecule has 0 aliphatic carbocycles. The maximum atomic E-state index is 10.8. The van der Waals surface area contributed by atoms with E-state index >= 15 is 0 Å². The number of carbonyl (C=O) groups is 1. The summed E-state index contributed by atoms with van der Waals surface area (Å²) in [5.41, 5.74) is 1.04. The summed E-state index contributed by atoms with van der Waals surface area (Å²) in [6.07, 6.45) is 1.24. The van der Waals surface area contributed by atoms with E-state index < -0.39 is 0 Å². The van der Waals surface area contributed by atoms with Crippen LogP contribution in [0.3, 0.4) is 0 Å². The minimum absolute atomic E-state index is 0.179. The van der Waals surface area contributed by atoms with Gasteiger partial charge in [-0.1, -0.05) is 6.07 Å². The number of rotatable bonds is 3. The van der Waals surface area contributed by atoms with E-state index in [9.17, 15) is 9.90 Å². The quantitative estimate of drug-likeness (QED) is 0.770. The van der Waals surface area contributed by atoms with Crippen molar-refractivity contribution in [1.82, 2.24) is 0 Å². The monoisotopic (exact) mass is 416 g/mol. The second-order valence-corrected chi connectivity index (χ2v) is 5.31. The summed E-state index contributed by atoms with van der Waals surface area (Å²) in [5.74, 6) is 0.506. The molecule has 0 unspecified atom stereocenters. The zero-order chi connectivity index (χ0) is 10.7. The van der Waals surface area contributed by atoms with Crippen LogP contribution in [0.25, 0.3) is 0 Å². The topological polar surface area (TPSA) is 37.3 Å². The third kappa shape index (κ3) is 3.08. The maximum absolute atomic E-state index is 10.8. The van der Waals surface area contributed by atoms with Gasteiger partial charge in [-0.15, -0.1) is 0 Å². The van der Waals surface area contributed by atoms with Crippen LogP contribution in [-0.2, 0) is 11.2 Å². The van der Waals surface area contributed by atoms with Crippen molar-refractivity contribution in [3.63, 3.8) is 0 Å². The molecular formula is C10H10I2O2. The summed E-state index contributed by atoms with van der Waals surface area (Å²) < 4.78 is 1.70. The van der Waals surface area contributed by atoms with Crippen molar-refractivity contribution < 1.29 is 9.90 Å². The number of aryl methyl sites for hydroxylation is 1. The minimum Gasteiger partial charge on any atom is -0.506 e. The number of ketones is 1. The van der Waals surface area contributed by atoms with Gasteiger partial charge >= 0.3 is 0 Å². The van der Waals surface area contributed by atoms with Crippen molar-refractivity contribution in [3.8, 4) is 5.75 Å². The lowest BCUT2D eigenvalue weighted by atomic mass is 10.1. The van der Waals surface area contributed by atoms with Crippen molar-refractivity contribution in [2.75, 3.05) is 0 Å². The van der Waals surface area contributed by atoms with E-state index in [0.29, 0.717) is 18.6 Å². The van der Waals surface area contributed by atoms with E-state index in [2.05, 4.69) is 45.2 Å². The Hall–Kier alpha value is 0.150. The molecule has 0 radical (unpaired) electrons.